The van der Waals surface area contributed by atoms with Crippen LogP contribution < -0.4 is 5.73 Å². The van der Waals surface area contributed by atoms with Crippen LogP contribution in [0.2, 0.25) is 0 Å². The van der Waals surface area contributed by atoms with E-state index in [0.29, 0.717) is 5.92 Å². The molecule has 3 rings (SSSR count). The minimum absolute atomic E-state index is 0.283. The van der Waals surface area contributed by atoms with E-state index in [0.717, 1.165) is 16.6 Å². The number of benzene rings is 1. The van der Waals surface area contributed by atoms with Crippen molar-refractivity contribution < 1.29 is 4.79 Å². The first kappa shape index (κ1) is 12.2. The summed E-state index contributed by atoms with van der Waals surface area (Å²) in [4.78, 5) is 15.8. The highest BCUT2D eigenvalue weighted by atomic mass is 16.1. The number of imidazole rings is 1. The summed E-state index contributed by atoms with van der Waals surface area (Å²) in [6, 6.07) is 5.99. The number of carbonyl (C=O) groups is 1. The second-order valence-corrected chi connectivity index (χ2v) is 5.48. The molecule has 0 atom stereocenters. The molecule has 0 aliphatic heterocycles. The maximum Gasteiger partial charge on any atom is 0.221 e. The van der Waals surface area contributed by atoms with Gasteiger partial charge in [0.15, 0.2) is 0 Å². The molecule has 4 nitrogen and oxygen atoms in total. The van der Waals surface area contributed by atoms with Crippen molar-refractivity contribution in [2.45, 2.75) is 38.0 Å². The molecule has 1 aromatic heterocycles. The largest absolute Gasteiger partial charge is 0.369 e. The standard InChI is InChI=1S/C15H19N3O/c1-18-13-7-6-10(9-14(16)19)8-12(13)17-15(18)11-4-2-3-5-11/h6-8,11H,2-5,9H2,1H3,(H2,16,19). The van der Waals surface area contributed by atoms with Gasteiger partial charge in [-0.3, -0.25) is 4.79 Å². The van der Waals surface area contributed by atoms with Crippen molar-refractivity contribution >= 4 is 16.9 Å². The highest BCUT2D eigenvalue weighted by Gasteiger charge is 2.22. The van der Waals surface area contributed by atoms with Crippen LogP contribution in [-0.2, 0) is 18.3 Å². The maximum absolute atomic E-state index is 11.0. The van der Waals surface area contributed by atoms with E-state index in [2.05, 4.69) is 11.6 Å². The fourth-order valence-electron chi connectivity index (χ4n) is 3.12. The van der Waals surface area contributed by atoms with E-state index in [1.165, 1.54) is 31.5 Å². The minimum Gasteiger partial charge on any atom is -0.369 e. The number of rotatable bonds is 3. The third kappa shape index (κ3) is 2.23. The van der Waals surface area contributed by atoms with Crippen LogP contribution in [0.3, 0.4) is 0 Å². The summed E-state index contributed by atoms with van der Waals surface area (Å²) >= 11 is 0. The highest BCUT2D eigenvalue weighted by molar-refractivity contribution is 5.81. The molecule has 100 valence electrons. The summed E-state index contributed by atoms with van der Waals surface area (Å²) in [5.41, 5.74) is 8.29. The van der Waals surface area contributed by atoms with Gasteiger partial charge in [0.25, 0.3) is 0 Å². The summed E-state index contributed by atoms with van der Waals surface area (Å²) in [5, 5.41) is 0. The third-order valence-corrected chi connectivity index (χ3v) is 4.08. The van der Waals surface area contributed by atoms with Gasteiger partial charge in [-0.05, 0) is 30.5 Å². The maximum atomic E-state index is 11.0. The van der Waals surface area contributed by atoms with Crippen LogP contribution in [0.1, 0.15) is 43.0 Å². The normalized spacial score (nSPS) is 16.3. The van der Waals surface area contributed by atoms with Crippen molar-refractivity contribution in [2.24, 2.45) is 12.8 Å². The van der Waals surface area contributed by atoms with Crippen molar-refractivity contribution in [3.63, 3.8) is 0 Å². The lowest BCUT2D eigenvalue weighted by Gasteiger charge is -2.08. The summed E-state index contributed by atoms with van der Waals surface area (Å²) in [5.74, 6) is 1.48. The molecule has 0 spiro atoms. The number of nitrogens with two attached hydrogens (primary N) is 1. The van der Waals surface area contributed by atoms with Gasteiger partial charge in [0.05, 0.1) is 17.5 Å². The lowest BCUT2D eigenvalue weighted by molar-refractivity contribution is -0.117. The average Bonchev–Trinajstić information content (AvgIpc) is 2.96. The number of hydrogen-bond donors (Lipinski definition) is 1. The van der Waals surface area contributed by atoms with Gasteiger partial charge in [0, 0.05) is 13.0 Å². The first-order valence-corrected chi connectivity index (χ1v) is 6.88. The van der Waals surface area contributed by atoms with Crippen molar-refractivity contribution in [1.29, 1.82) is 0 Å². The monoisotopic (exact) mass is 257 g/mol. The molecule has 0 bridgehead atoms. The van der Waals surface area contributed by atoms with Gasteiger partial charge in [-0.25, -0.2) is 4.98 Å². The molecular formula is C15H19N3O. The summed E-state index contributed by atoms with van der Waals surface area (Å²) < 4.78 is 2.19. The summed E-state index contributed by atoms with van der Waals surface area (Å²) in [6.45, 7) is 0. The summed E-state index contributed by atoms with van der Waals surface area (Å²) in [7, 11) is 2.08. The molecule has 1 amide bonds. The Morgan fingerprint density at radius 2 is 2.16 bits per heavy atom. The number of aromatic nitrogens is 2. The number of primary amides is 1. The second-order valence-electron chi connectivity index (χ2n) is 5.48. The van der Waals surface area contributed by atoms with Gasteiger partial charge in [-0.2, -0.15) is 0 Å². The van der Waals surface area contributed by atoms with E-state index in [-0.39, 0.29) is 12.3 Å². The topological polar surface area (TPSA) is 60.9 Å². The quantitative estimate of drug-likeness (QED) is 0.916. The van der Waals surface area contributed by atoms with Gasteiger partial charge >= 0.3 is 0 Å². The zero-order valence-corrected chi connectivity index (χ0v) is 11.2. The van der Waals surface area contributed by atoms with Crippen molar-refractivity contribution in [3.8, 4) is 0 Å². The molecule has 19 heavy (non-hydrogen) atoms. The van der Waals surface area contributed by atoms with Crippen LogP contribution in [-0.4, -0.2) is 15.5 Å². The van der Waals surface area contributed by atoms with E-state index in [1.54, 1.807) is 0 Å². The molecule has 0 unspecified atom stereocenters. The first-order chi connectivity index (χ1) is 9.15. The van der Waals surface area contributed by atoms with Crippen molar-refractivity contribution in [1.82, 2.24) is 9.55 Å². The Labute approximate surface area is 112 Å². The smallest absolute Gasteiger partial charge is 0.221 e. The molecular weight excluding hydrogens is 238 g/mol. The molecule has 1 aliphatic carbocycles. The van der Waals surface area contributed by atoms with Crippen LogP contribution in [0.5, 0.6) is 0 Å². The number of fused-ring (bicyclic) bond motifs is 1. The number of aryl methyl sites for hydroxylation is 1. The number of carbonyl (C=O) groups excluding carboxylic acids is 1. The number of hydrogen-bond acceptors (Lipinski definition) is 2. The molecule has 2 N–H and O–H groups in total. The predicted molar refractivity (Wildman–Crippen MR) is 74.8 cm³/mol. The Morgan fingerprint density at radius 1 is 1.42 bits per heavy atom. The van der Waals surface area contributed by atoms with E-state index in [4.69, 9.17) is 10.7 Å². The molecule has 0 radical (unpaired) electrons. The van der Waals surface area contributed by atoms with Crippen LogP contribution in [0, 0.1) is 0 Å². The third-order valence-electron chi connectivity index (χ3n) is 4.08. The molecule has 2 aromatic rings. The lowest BCUT2D eigenvalue weighted by Crippen LogP contribution is -2.13. The van der Waals surface area contributed by atoms with Gasteiger partial charge in [-0.15, -0.1) is 0 Å². The molecule has 1 heterocycles. The SMILES string of the molecule is Cn1c(C2CCCC2)nc2cc(CC(N)=O)ccc21. The van der Waals surface area contributed by atoms with Gasteiger partial charge < -0.3 is 10.3 Å². The second kappa shape index (κ2) is 4.68. The van der Waals surface area contributed by atoms with Crippen LogP contribution >= 0.6 is 0 Å². The van der Waals surface area contributed by atoms with Gasteiger partial charge in [-0.1, -0.05) is 18.9 Å². The first-order valence-electron chi connectivity index (χ1n) is 6.88. The molecule has 1 saturated carbocycles. The van der Waals surface area contributed by atoms with Crippen molar-refractivity contribution in [2.75, 3.05) is 0 Å². The van der Waals surface area contributed by atoms with Gasteiger partial charge in [0.1, 0.15) is 5.82 Å². The van der Waals surface area contributed by atoms with E-state index in [9.17, 15) is 4.79 Å². The molecule has 1 aliphatic rings. The molecule has 1 fully saturated rings. The fraction of sp³-hybridized carbons (Fsp3) is 0.467. The Bertz CT molecular complexity index is 624. The Morgan fingerprint density at radius 3 is 2.84 bits per heavy atom. The Hall–Kier alpha value is -1.84. The lowest BCUT2D eigenvalue weighted by atomic mass is 10.1. The zero-order valence-electron chi connectivity index (χ0n) is 11.2. The van der Waals surface area contributed by atoms with Crippen LogP contribution in [0.15, 0.2) is 18.2 Å². The Kier molecular flexibility index (Phi) is 3.01. The fourth-order valence-corrected chi connectivity index (χ4v) is 3.12. The zero-order chi connectivity index (χ0) is 13.4. The van der Waals surface area contributed by atoms with E-state index >= 15 is 0 Å². The Balaban J connectivity index is 2.01. The van der Waals surface area contributed by atoms with Crippen LogP contribution in [0.25, 0.3) is 11.0 Å². The van der Waals surface area contributed by atoms with Gasteiger partial charge in [0.2, 0.25) is 5.91 Å². The van der Waals surface area contributed by atoms with Crippen molar-refractivity contribution in [3.05, 3.63) is 29.6 Å². The van der Waals surface area contributed by atoms with E-state index < -0.39 is 0 Å². The van der Waals surface area contributed by atoms with E-state index in [1.807, 2.05) is 18.2 Å². The predicted octanol–water partition coefficient (Wildman–Crippen LogP) is 2.26. The highest BCUT2D eigenvalue weighted by Crippen LogP contribution is 2.34. The number of nitrogens with zero attached hydrogens (tertiary/aromatic N) is 2. The average molecular weight is 257 g/mol. The summed E-state index contributed by atoms with van der Waals surface area (Å²) in [6.07, 6.45) is 5.38. The molecule has 4 heteroatoms. The minimum atomic E-state index is -0.300. The van der Waals surface area contributed by atoms with Crippen LogP contribution in [0.4, 0.5) is 0 Å². The molecule has 1 aromatic carbocycles. The number of amides is 1. The molecule has 0 saturated heterocycles.